The molecular formula is C14H21NO3. The van der Waals surface area contributed by atoms with Crippen LogP contribution in [0.1, 0.15) is 33.3 Å². The number of amides is 1. The molecule has 0 heterocycles. The maximum atomic E-state index is 11.5. The lowest BCUT2D eigenvalue weighted by Crippen LogP contribution is -2.42. The van der Waals surface area contributed by atoms with Gasteiger partial charge in [0.05, 0.1) is 0 Å². The van der Waals surface area contributed by atoms with Gasteiger partial charge in [-0.05, 0) is 45.4 Å². The van der Waals surface area contributed by atoms with Crippen LogP contribution >= 0.6 is 0 Å². The molecule has 100 valence electrons. The summed E-state index contributed by atoms with van der Waals surface area (Å²) in [5, 5.41) is 11.9. The van der Waals surface area contributed by atoms with Crippen molar-refractivity contribution in [1.82, 2.24) is 5.32 Å². The zero-order valence-electron chi connectivity index (χ0n) is 11.4. The van der Waals surface area contributed by atoms with Crippen LogP contribution in [-0.4, -0.2) is 22.8 Å². The highest BCUT2D eigenvalue weighted by Crippen LogP contribution is 2.12. The molecule has 4 heteroatoms. The molecule has 1 unspecified atom stereocenters. The highest BCUT2D eigenvalue weighted by Gasteiger charge is 2.17. The molecule has 0 aromatic heterocycles. The number of ether oxygens (including phenoxy) is 1. The maximum absolute atomic E-state index is 11.5. The van der Waals surface area contributed by atoms with E-state index in [1.165, 1.54) is 0 Å². The topological polar surface area (TPSA) is 58.6 Å². The number of carbonyl (C=O) groups excluding carboxylic acids is 1. The summed E-state index contributed by atoms with van der Waals surface area (Å²) in [4.78, 5) is 11.5. The van der Waals surface area contributed by atoms with E-state index in [0.717, 1.165) is 5.56 Å². The number of phenolic OH excluding ortho intramolecular Hbond substituents is 1. The second kappa shape index (κ2) is 5.76. The van der Waals surface area contributed by atoms with E-state index in [2.05, 4.69) is 5.32 Å². The van der Waals surface area contributed by atoms with Gasteiger partial charge in [-0.1, -0.05) is 12.1 Å². The third kappa shape index (κ3) is 5.57. The number of alkyl carbamates (subject to hydrolysis) is 1. The van der Waals surface area contributed by atoms with Crippen molar-refractivity contribution in [2.24, 2.45) is 0 Å². The average molecular weight is 251 g/mol. The number of hydrogen-bond acceptors (Lipinski definition) is 3. The van der Waals surface area contributed by atoms with E-state index in [1.54, 1.807) is 12.1 Å². The SMILES string of the molecule is CC(Cc1ccc(O)cc1)OC(=O)NC(C)(C)C. The standard InChI is InChI=1S/C14H21NO3/c1-10(18-13(17)15-14(2,3)4)9-11-5-7-12(16)8-6-11/h5-8,10,16H,9H2,1-4H3,(H,15,17). The molecule has 1 aromatic rings. The van der Waals surface area contributed by atoms with Gasteiger partial charge in [0.2, 0.25) is 0 Å². The Hall–Kier alpha value is -1.71. The number of hydrogen-bond donors (Lipinski definition) is 2. The summed E-state index contributed by atoms with van der Waals surface area (Å²) in [5.41, 5.74) is 0.721. The molecular weight excluding hydrogens is 230 g/mol. The lowest BCUT2D eigenvalue weighted by Gasteiger charge is -2.22. The van der Waals surface area contributed by atoms with Gasteiger partial charge >= 0.3 is 6.09 Å². The first-order valence-electron chi connectivity index (χ1n) is 6.03. The minimum Gasteiger partial charge on any atom is -0.508 e. The minimum absolute atomic E-state index is 0.211. The molecule has 1 atom stereocenters. The summed E-state index contributed by atoms with van der Waals surface area (Å²) in [6.07, 6.45) is 0.00311. The van der Waals surface area contributed by atoms with Crippen molar-refractivity contribution in [3.8, 4) is 5.75 Å². The maximum Gasteiger partial charge on any atom is 0.407 e. The summed E-state index contributed by atoms with van der Waals surface area (Å²) in [6.45, 7) is 7.55. The third-order valence-electron chi connectivity index (χ3n) is 2.24. The number of nitrogens with one attached hydrogen (secondary N) is 1. The van der Waals surface area contributed by atoms with E-state index in [-0.39, 0.29) is 17.4 Å². The van der Waals surface area contributed by atoms with Crippen LogP contribution in [0.5, 0.6) is 5.75 Å². The Kier molecular flexibility index (Phi) is 4.59. The van der Waals surface area contributed by atoms with Crippen molar-refractivity contribution >= 4 is 6.09 Å². The normalized spacial score (nSPS) is 12.9. The van der Waals surface area contributed by atoms with Crippen LogP contribution in [0.3, 0.4) is 0 Å². The average Bonchev–Trinajstić information content (AvgIpc) is 2.18. The lowest BCUT2D eigenvalue weighted by molar-refractivity contribution is 0.100. The predicted octanol–water partition coefficient (Wildman–Crippen LogP) is 2.85. The molecule has 0 aliphatic heterocycles. The quantitative estimate of drug-likeness (QED) is 0.868. The molecule has 0 radical (unpaired) electrons. The molecule has 1 rings (SSSR count). The van der Waals surface area contributed by atoms with E-state index in [4.69, 9.17) is 9.84 Å². The Bertz CT molecular complexity index is 392. The van der Waals surface area contributed by atoms with Crippen molar-refractivity contribution in [1.29, 1.82) is 0 Å². The number of carbonyl (C=O) groups is 1. The molecule has 0 fully saturated rings. The molecule has 1 aromatic carbocycles. The van der Waals surface area contributed by atoms with Gasteiger partial charge in [0, 0.05) is 12.0 Å². The fourth-order valence-corrected chi connectivity index (χ4v) is 1.52. The lowest BCUT2D eigenvalue weighted by atomic mass is 10.1. The van der Waals surface area contributed by atoms with Gasteiger partial charge in [0.1, 0.15) is 11.9 Å². The second-order valence-corrected chi connectivity index (χ2v) is 5.46. The number of benzene rings is 1. The summed E-state index contributed by atoms with van der Waals surface area (Å²) in [5.74, 6) is 0.234. The molecule has 18 heavy (non-hydrogen) atoms. The fourth-order valence-electron chi connectivity index (χ4n) is 1.52. The van der Waals surface area contributed by atoms with Crippen LogP contribution in [0.25, 0.3) is 0 Å². The van der Waals surface area contributed by atoms with Crippen molar-refractivity contribution in [3.05, 3.63) is 29.8 Å². The van der Waals surface area contributed by atoms with E-state index in [1.807, 2.05) is 39.8 Å². The van der Waals surface area contributed by atoms with Crippen molar-refractivity contribution < 1.29 is 14.6 Å². The van der Waals surface area contributed by atoms with Crippen molar-refractivity contribution in [2.45, 2.75) is 45.8 Å². The zero-order chi connectivity index (χ0) is 13.8. The molecule has 0 spiro atoms. The smallest absolute Gasteiger partial charge is 0.407 e. The van der Waals surface area contributed by atoms with Gasteiger partial charge in [-0.3, -0.25) is 0 Å². The molecule has 0 aliphatic carbocycles. The molecule has 4 nitrogen and oxygen atoms in total. The van der Waals surface area contributed by atoms with Crippen LogP contribution in [0.2, 0.25) is 0 Å². The van der Waals surface area contributed by atoms with Crippen molar-refractivity contribution in [3.63, 3.8) is 0 Å². The number of aromatic hydroxyl groups is 1. The summed E-state index contributed by atoms with van der Waals surface area (Å²) in [7, 11) is 0. The molecule has 2 N–H and O–H groups in total. The zero-order valence-corrected chi connectivity index (χ0v) is 11.4. The first-order chi connectivity index (χ1) is 8.26. The van der Waals surface area contributed by atoms with Gasteiger partial charge in [-0.2, -0.15) is 0 Å². The van der Waals surface area contributed by atoms with Crippen molar-refractivity contribution in [2.75, 3.05) is 0 Å². The highest BCUT2D eigenvalue weighted by atomic mass is 16.6. The van der Waals surface area contributed by atoms with Crippen LogP contribution in [0.15, 0.2) is 24.3 Å². The van der Waals surface area contributed by atoms with Crippen LogP contribution < -0.4 is 5.32 Å². The Morgan fingerprint density at radius 2 is 1.89 bits per heavy atom. The first kappa shape index (κ1) is 14.4. The van der Waals surface area contributed by atoms with E-state index < -0.39 is 6.09 Å². The van der Waals surface area contributed by atoms with Gasteiger partial charge in [0.25, 0.3) is 0 Å². The first-order valence-corrected chi connectivity index (χ1v) is 6.03. The summed E-state index contributed by atoms with van der Waals surface area (Å²) < 4.78 is 5.25. The summed E-state index contributed by atoms with van der Waals surface area (Å²) >= 11 is 0. The minimum atomic E-state index is -0.409. The molecule has 0 bridgehead atoms. The molecule has 1 amide bonds. The van der Waals surface area contributed by atoms with Gasteiger partial charge in [-0.25, -0.2) is 4.79 Å². The van der Waals surface area contributed by atoms with Gasteiger partial charge in [0.15, 0.2) is 0 Å². The van der Waals surface area contributed by atoms with E-state index in [9.17, 15) is 4.79 Å². The van der Waals surface area contributed by atoms with Crippen LogP contribution in [0.4, 0.5) is 4.79 Å². The summed E-state index contributed by atoms with van der Waals surface area (Å²) in [6, 6.07) is 6.88. The molecule has 0 aliphatic rings. The van der Waals surface area contributed by atoms with E-state index in [0.29, 0.717) is 6.42 Å². The Labute approximate surface area is 108 Å². The van der Waals surface area contributed by atoms with Crippen LogP contribution in [0, 0.1) is 0 Å². The Balaban J connectivity index is 2.44. The van der Waals surface area contributed by atoms with Gasteiger partial charge in [-0.15, -0.1) is 0 Å². The monoisotopic (exact) mass is 251 g/mol. The fraction of sp³-hybridized carbons (Fsp3) is 0.500. The Morgan fingerprint density at radius 3 is 2.39 bits per heavy atom. The van der Waals surface area contributed by atoms with Gasteiger partial charge < -0.3 is 15.2 Å². The van der Waals surface area contributed by atoms with Crippen LogP contribution in [-0.2, 0) is 11.2 Å². The molecule has 0 saturated heterocycles. The predicted molar refractivity (Wildman–Crippen MR) is 70.6 cm³/mol. The molecule has 0 saturated carbocycles. The third-order valence-corrected chi connectivity index (χ3v) is 2.24. The number of phenols is 1. The largest absolute Gasteiger partial charge is 0.508 e. The Morgan fingerprint density at radius 1 is 1.33 bits per heavy atom. The highest BCUT2D eigenvalue weighted by molar-refractivity contribution is 5.68. The second-order valence-electron chi connectivity index (χ2n) is 5.46. The van der Waals surface area contributed by atoms with E-state index >= 15 is 0 Å². The number of rotatable bonds is 3.